The minimum Gasteiger partial charge on any atom is -0.465 e. The number of aromatic nitrogens is 2. The average Bonchev–Trinajstić information content (AvgIpc) is 2.74. The zero-order valence-corrected chi connectivity index (χ0v) is 11.0. The molecule has 1 heterocycles. The van der Waals surface area contributed by atoms with Crippen molar-refractivity contribution in [3.8, 4) is 0 Å². The summed E-state index contributed by atoms with van der Waals surface area (Å²) in [5, 5.41) is 3.95. The molecule has 0 aliphatic heterocycles. The molecule has 0 N–H and O–H groups in total. The van der Waals surface area contributed by atoms with Gasteiger partial charge in [-0.3, -0.25) is 14.3 Å². The Morgan fingerprint density at radius 3 is 2.67 bits per heavy atom. The SMILES string of the molecule is CCCN(CC(=O)OCC)C(=O)c1ccnn1C. The van der Waals surface area contributed by atoms with Crippen LogP contribution in [0.5, 0.6) is 0 Å². The molecule has 1 aromatic heterocycles. The number of carbonyl (C=O) groups is 2. The first kappa shape index (κ1) is 14.2. The maximum atomic E-state index is 12.2. The van der Waals surface area contributed by atoms with Crippen molar-refractivity contribution in [1.82, 2.24) is 14.7 Å². The molecule has 0 aliphatic rings. The Morgan fingerprint density at radius 2 is 2.17 bits per heavy atom. The third-order valence-electron chi connectivity index (χ3n) is 2.45. The molecule has 0 aromatic carbocycles. The quantitative estimate of drug-likeness (QED) is 0.705. The van der Waals surface area contributed by atoms with Crippen molar-refractivity contribution in [2.75, 3.05) is 19.7 Å². The lowest BCUT2D eigenvalue weighted by Gasteiger charge is -2.20. The number of hydrogen-bond donors (Lipinski definition) is 0. The van der Waals surface area contributed by atoms with E-state index in [1.54, 1.807) is 26.2 Å². The third kappa shape index (κ3) is 3.58. The van der Waals surface area contributed by atoms with E-state index in [2.05, 4.69) is 5.10 Å². The molecule has 0 saturated heterocycles. The molecule has 0 bridgehead atoms. The van der Waals surface area contributed by atoms with Gasteiger partial charge in [0.05, 0.1) is 6.61 Å². The van der Waals surface area contributed by atoms with E-state index in [4.69, 9.17) is 4.74 Å². The van der Waals surface area contributed by atoms with Gasteiger partial charge in [-0.25, -0.2) is 0 Å². The van der Waals surface area contributed by atoms with Crippen LogP contribution in [0, 0.1) is 0 Å². The second-order valence-electron chi connectivity index (χ2n) is 3.87. The van der Waals surface area contributed by atoms with Gasteiger partial charge in [-0.05, 0) is 19.4 Å². The number of esters is 1. The molecule has 0 atom stereocenters. The van der Waals surface area contributed by atoms with Crippen LogP contribution in [0.25, 0.3) is 0 Å². The molecular weight excluding hydrogens is 234 g/mol. The van der Waals surface area contributed by atoms with Crippen molar-refractivity contribution in [3.05, 3.63) is 18.0 Å². The van der Waals surface area contributed by atoms with Crippen LogP contribution in [-0.4, -0.2) is 46.3 Å². The number of carbonyl (C=O) groups excluding carboxylic acids is 2. The van der Waals surface area contributed by atoms with Crippen molar-refractivity contribution < 1.29 is 14.3 Å². The van der Waals surface area contributed by atoms with Crippen molar-refractivity contribution in [2.45, 2.75) is 20.3 Å². The fraction of sp³-hybridized carbons (Fsp3) is 0.583. The summed E-state index contributed by atoms with van der Waals surface area (Å²) < 4.78 is 6.36. The molecule has 6 nitrogen and oxygen atoms in total. The van der Waals surface area contributed by atoms with Crippen LogP contribution in [-0.2, 0) is 16.6 Å². The zero-order chi connectivity index (χ0) is 13.5. The van der Waals surface area contributed by atoms with E-state index in [1.165, 1.54) is 9.58 Å². The first-order valence-corrected chi connectivity index (χ1v) is 6.03. The topological polar surface area (TPSA) is 64.4 Å². The van der Waals surface area contributed by atoms with Gasteiger partial charge in [0.1, 0.15) is 12.2 Å². The fourth-order valence-electron chi connectivity index (χ4n) is 1.63. The molecule has 0 aliphatic carbocycles. The highest BCUT2D eigenvalue weighted by molar-refractivity contribution is 5.94. The van der Waals surface area contributed by atoms with Crippen LogP contribution in [0.15, 0.2) is 12.3 Å². The van der Waals surface area contributed by atoms with Crippen molar-refractivity contribution >= 4 is 11.9 Å². The Balaban J connectivity index is 2.75. The number of hydrogen-bond acceptors (Lipinski definition) is 4. The highest BCUT2D eigenvalue weighted by atomic mass is 16.5. The van der Waals surface area contributed by atoms with Crippen LogP contribution < -0.4 is 0 Å². The summed E-state index contributed by atoms with van der Waals surface area (Å²) in [6.45, 7) is 4.51. The summed E-state index contributed by atoms with van der Waals surface area (Å²) in [6.07, 6.45) is 2.34. The first-order valence-electron chi connectivity index (χ1n) is 6.03. The lowest BCUT2D eigenvalue weighted by molar-refractivity contribution is -0.143. The lowest BCUT2D eigenvalue weighted by atomic mass is 10.3. The maximum Gasteiger partial charge on any atom is 0.325 e. The summed E-state index contributed by atoms with van der Waals surface area (Å²) in [5.41, 5.74) is 0.466. The summed E-state index contributed by atoms with van der Waals surface area (Å²) in [5.74, 6) is -0.591. The van der Waals surface area contributed by atoms with Gasteiger partial charge in [0.25, 0.3) is 5.91 Å². The molecule has 100 valence electrons. The summed E-state index contributed by atoms with van der Waals surface area (Å²) in [4.78, 5) is 25.1. The monoisotopic (exact) mass is 253 g/mol. The Kier molecular flexibility index (Phi) is 5.35. The Labute approximate surface area is 107 Å². The Hall–Kier alpha value is -1.85. The molecule has 0 radical (unpaired) electrons. The van der Waals surface area contributed by atoms with Crippen LogP contribution in [0.4, 0.5) is 0 Å². The van der Waals surface area contributed by atoms with Crippen LogP contribution >= 0.6 is 0 Å². The number of nitrogens with zero attached hydrogens (tertiary/aromatic N) is 3. The number of ether oxygens (including phenoxy) is 1. The van der Waals surface area contributed by atoms with Crippen LogP contribution in [0.1, 0.15) is 30.8 Å². The van der Waals surface area contributed by atoms with E-state index in [0.29, 0.717) is 18.8 Å². The van der Waals surface area contributed by atoms with Crippen molar-refractivity contribution in [2.24, 2.45) is 7.05 Å². The van der Waals surface area contributed by atoms with E-state index in [1.807, 2.05) is 6.92 Å². The molecule has 0 fully saturated rings. The predicted octanol–water partition coefficient (Wildman–Crippen LogP) is 0.835. The highest BCUT2D eigenvalue weighted by Crippen LogP contribution is 2.04. The van der Waals surface area contributed by atoms with Crippen LogP contribution in [0.3, 0.4) is 0 Å². The third-order valence-corrected chi connectivity index (χ3v) is 2.45. The molecule has 1 rings (SSSR count). The number of aryl methyl sites for hydroxylation is 1. The second kappa shape index (κ2) is 6.78. The highest BCUT2D eigenvalue weighted by Gasteiger charge is 2.20. The Bertz CT molecular complexity index is 414. The number of rotatable bonds is 6. The smallest absolute Gasteiger partial charge is 0.325 e. The lowest BCUT2D eigenvalue weighted by Crippen LogP contribution is -2.38. The average molecular weight is 253 g/mol. The van der Waals surface area contributed by atoms with E-state index < -0.39 is 0 Å². The van der Waals surface area contributed by atoms with Gasteiger partial charge in [0, 0.05) is 19.8 Å². The minimum atomic E-state index is -0.388. The van der Waals surface area contributed by atoms with E-state index in [9.17, 15) is 9.59 Å². The molecule has 0 spiro atoms. The molecular formula is C12H19N3O3. The summed E-state index contributed by atoms with van der Waals surface area (Å²) in [6, 6.07) is 1.64. The van der Waals surface area contributed by atoms with Gasteiger partial charge in [0.15, 0.2) is 0 Å². The fourth-order valence-corrected chi connectivity index (χ4v) is 1.63. The van der Waals surface area contributed by atoms with Gasteiger partial charge < -0.3 is 9.64 Å². The predicted molar refractivity (Wildman–Crippen MR) is 66.0 cm³/mol. The van der Waals surface area contributed by atoms with Crippen molar-refractivity contribution in [1.29, 1.82) is 0 Å². The largest absolute Gasteiger partial charge is 0.465 e. The van der Waals surface area contributed by atoms with Gasteiger partial charge in [-0.15, -0.1) is 0 Å². The van der Waals surface area contributed by atoms with Gasteiger partial charge in [-0.1, -0.05) is 6.92 Å². The molecule has 1 amide bonds. The summed E-state index contributed by atoms with van der Waals surface area (Å²) >= 11 is 0. The molecule has 18 heavy (non-hydrogen) atoms. The molecule has 6 heteroatoms. The van der Waals surface area contributed by atoms with Crippen molar-refractivity contribution in [3.63, 3.8) is 0 Å². The second-order valence-corrected chi connectivity index (χ2v) is 3.87. The maximum absolute atomic E-state index is 12.2. The van der Waals surface area contributed by atoms with Gasteiger partial charge >= 0.3 is 5.97 Å². The molecule has 0 saturated carbocycles. The zero-order valence-electron chi connectivity index (χ0n) is 11.0. The van der Waals surface area contributed by atoms with Crippen LogP contribution in [0.2, 0.25) is 0 Å². The number of amides is 1. The minimum absolute atomic E-state index is 0.0221. The normalized spacial score (nSPS) is 10.2. The van der Waals surface area contributed by atoms with Gasteiger partial charge in [-0.2, -0.15) is 5.10 Å². The van der Waals surface area contributed by atoms with Gasteiger partial charge in [0.2, 0.25) is 0 Å². The first-order chi connectivity index (χ1) is 8.60. The van der Waals surface area contributed by atoms with E-state index >= 15 is 0 Å². The molecule has 0 unspecified atom stereocenters. The standard InChI is InChI=1S/C12H19N3O3/c1-4-8-15(9-11(16)18-5-2)12(17)10-6-7-13-14(10)3/h6-7H,4-5,8-9H2,1-3H3. The van der Waals surface area contributed by atoms with E-state index in [-0.39, 0.29) is 18.4 Å². The summed E-state index contributed by atoms with van der Waals surface area (Å²) in [7, 11) is 1.70. The Morgan fingerprint density at radius 1 is 1.44 bits per heavy atom. The van der Waals surface area contributed by atoms with E-state index in [0.717, 1.165) is 6.42 Å². The molecule has 1 aromatic rings.